The fourth-order valence-corrected chi connectivity index (χ4v) is 2.74. The highest BCUT2D eigenvalue weighted by Gasteiger charge is 2.33. The summed E-state index contributed by atoms with van der Waals surface area (Å²) in [6.07, 6.45) is 3.00. The molecule has 1 aromatic heterocycles. The van der Waals surface area contributed by atoms with Crippen molar-refractivity contribution >= 4 is 17.6 Å². The number of hydrogen-bond donors (Lipinski definition) is 2. The fourth-order valence-electron chi connectivity index (χ4n) is 2.74. The summed E-state index contributed by atoms with van der Waals surface area (Å²) in [5.41, 5.74) is 1.78. The molecule has 6 nitrogen and oxygen atoms in total. The molecule has 1 atom stereocenters. The predicted octanol–water partition coefficient (Wildman–Crippen LogP) is 1.73. The summed E-state index contributed by atoms with van der Waals surface area (Å²) in [5, 5.41) is 5.53. The van der Waals surface area contributed by atoms with Gasteiger partial charge in [-0.05, 0) is 30.7 Å². The van der Waals surface area contributed by atoms with Crippen molar-refractivity contribution < 1.29 is 9.59 Å². The van der Waals surface area contributed by atoms with Gasteiger partial charge >= 0.3 is 6.03 Å². The van der Waals surface area contributed by atoms with E-state index in [-0.39, 0.29) is 11.9 Å². The fraction of sp³-hybridized carbons (Fsp3) is 0.278. The van der Waals surface area contributed by atoms with E-state index in [1.807, 2.05) is 48.5 Å². The van der Waals surface area contributed by atoms with Gasteiger partial charge in [0.25, 0.3) is 0 Å². The molecule has 0 bridgehead atoms. The highest BCUT2D eigenvalue weighted by molar-refractivity contribution is 6.01. The number of pyridine rings is 1. The number of nitrogens with zero attached hydrogens (tertiary/aromatic N) is 2. The van der Waals surface area contributed by atoms with E-state index in [0.717, 1.165) is 11.4 Å². The lowest BCUT2D eigenvalue weighted by Gasteiger charge is -2.17. The lowest BCUT2D eigenvalue weighted by Crippen LogP contribution is -2.46. The first kappa shape index (κ1) is 16.0. The van der Waals surface area contributed by atoms with Crippen LogP contribution in [0.3, 0.4) is 0 Å². The highest BCUT2D eigenvalue weighted by atomic mass is 16.2. The minimum absolute atomic E-state index is 0.0684. The second-order valence-electron chi connectivity index (χ2n) is 5.64. The molecular formula is C18H20N4O2. The molecule has 6 heteroatoms. The van der Waals surface area contributed by atoms with Gasteiger partial charge in [0, 0.05) is 37.1 Å². The zero-order valence-electron chi connectivity index (χ0n) is 13.3. The Kier molecular flexibility index (Phi) is 5.05. The number of nitrogens with one attached hydrogen (secondary N) is 2. The Morgan fingerprint density at radius 1 is 1.17 bits per heavy atom. The number of aromatic nitrogens is 1. The lowest BCUT2D eigenvalue weighted by molar-refractivity contribution is -0.118. The number of carbonyl (C=O) groups excluding carboxylic acids is 2. The van der Waals surface area contributed by atoms with E-state index in [2.05, 4.69) is 15.6 Å². The van der Waals surface area contributed by atoms with Crippen molar-refractivity contribution in [1.82, 2.24) is 15.6 Å². The topological polar surface area (TPSA) is 74.3 Å². The molecule has 2 aromatic rings. The van der Waals surface area contributed by atoms with Crippen LogP contribution in [0, 0.1) is 0 Å². The Hall–Kier alpha value is -2.89. The van der Waals surface area contributed by atoms with Gasteiger partial charge < -0.3 is 15.5 Å². The molecule has 2 N–H and O–H groups in total. The summed E-state index contributed by atoms with van der Waals surface area (Å²) >= 11 is 0. The van der Waals surface area contributed by atoms with Crippen LogP contribution in [0.4, 0.5) is 10.5 Å². The van der Waals surface area contributed by atoms with Gasteiger partial charge in [-0.25, -0.2) is 4.79 Å². The molecule has 124 valence electrons. The first-order valence-electron chi connectivity index (χ1n) is 8.05. The molecule has 0 aliphatic carbocycles. The molecule has 1 aliphatic heterocycles. The Balaban J connectivity index is 1.46. The predicted molar refractivity (Wildman–Crippen MR) is 91.7 cm³/mol. The maximum Gasteiger partial charge on any atom is 0.315 e. The second kappa shape index (κ2) is 7.59. The van der Waals surface area contributed by atoms with Crippen LogP contribution in [0.25, 0.3) is 0 Å². The SMILES string of the molecule is O=C(NCCc1ccccn1)N[C@@H]1CCN(c2ccccc2)C1=O. The lowest BCUT2D eigenvalue weighted by atomic mass is 10.2. The summed E-state index contributed by atoms with van der Waals surface area (Å²) in [6.45, 7) is 1.09. The number of hydrogen-bond acceptors (Lipinski definition) is 3. The first-order valence-corrected chi connectivity index (χ1v) is 8.05. The van der Waals surface area contributed by atoms with Gasteiger partial charge in [-0.1, -0.05) is 24.3 Å². The number of benzene rings is 1. The number of amides is 3. The van der Waals surface area contributed by atoms with E-state index in [0.29, 0.717) is 25.9 Å². The third-order valence-electron chi connectivity index (χ3n) is 3.97. The Bertz CT molecular complexity index is 691. The molecule has 3 amide bonds. The first-order chi connectivity index (χ1) is 11.7. The summed E-state index contributed by atoms with van der Waals surface area (Å²) in [4.78, 5) is 30.3. The quantitative estimate of drug-likeness (QED) is 0.879. The summed E-state index contributed by atoms with van der Waals surface area (Å²) in [7, 11) is 0. The molecule has 2 heterocycles. The molecule has 3 rings (SSSR count). The van der Waals surface area contributed by atoms with E-state index >= 15 is 0 Å². The Labute approximate surface area is 140 Å². The van der Waals surface area contributed by atoms with Gasteiger partial charge in [0.2, 0.25) is 5.91 Å². The molecule has 0 saturated carbocycles. The van der Waals surface area contributed by atoms with Crippen LogP contribution in [0.2, 0.25) is 0 Å². The Morgan fingerprint density at radius 2 is 1.96 bits per heavy atom. The van der Waals surface area contributed by atoms with Crippen LogP contribution >= 0.6 is 0 Å². The van der Waals surface area contributed by atoms with Crippen LogP contribution in [-0.2, 0) is 11.2 Å². The number of carbonyl (C=O) groups is 2. The van der Waals surface area contributed by atoms with Crippen molar-refractivity contribution in [3.05, 3.63) is 60.4 Å². The number of anilines is 1. The van der Waals surface area contributed by atoms with E-state index in [4.69, 9.17) is 0 Å². The molecule has 1 aromatic carbocycles. The number of para-hydroxylation sites is 1. The van der Waals surface area contributed by atoms with Crippen molar-refractivity contribution in [2.75, 3.05) is 18.0 Å². The van der Waals surface area contributed by atoms with Crippen molar-refractivity contribution in [3.8, 4) is 0 Å². The van der Waals surface area contributed by atoms with Gasteiger partial charge in [-0.3, -0.25) is 9.78 Å². The monoisotopic (exact) mass is 324 g/mol. The standard InChI is InChI=1S/C18H20N4O2/c23-17-16(10-13-22(17)15-7-2-1-3-8-15)21-18(24)20-12-9-14-6-4-5-11-19-14/h1-8,11,16H,9-10,12-13H2,(H2,20,21,24)/t16-/m1/s1. The average Bonchev–Trinajstić information content (AvgIpc) is 2.97. The third-order valence-corrected chi connectivity index (χ3v) is 3.97. The number of urea groups is 1. The molecule has 0 unspecified atom stereocenters. The molecule has 1 aliphatic rings. The van der Waals surface area contributed by atoms with Gasteiger partial charge in [-0.2, -0.15) is 0 Å². The highest BCUT2D eigenvalue weighted by Crippen LogP contribution is 2.20. The molecule has 0 spiro atoms. The van der Waals surface area contributed by atoms with Crippen LogP contribution in [-0.4, -0.2) is 36.1 Å². The van der Waals surface area contributed by atoms with Gasteiger partial charge in [0.05, 0.1) is 0 Å². The van der Waals surface area contributed by atoms with Gasteiger partial charge in [0.1, 0.15) is 6.04 Å². The minimum Gasteiger partial charge on any atom is -0.338 e. The summed E-state index contributed by atoms with van der Waals surface area (Å²) < 4.78 is 0. The van der Waals surface area contributed by atoms with E-state index in [1.54, 1.807) is 11.1 Å². The summed E-state index contributed by atoms with van der Waals surface area (Å²) in [6, 6.07) is 14.4. The minimum atomic E-state index is -0.472. The van der Waals surface area contributed by atoms with E-state index in [9.17, 15) is 9.59 Å². The zero-order valence-corrected chi connectivity index (χ0v) is 13.3. The van der Waals surface area contributed by atoms with Gasteiger partial charge in [0.15, 0.2) is 0 Å². The van der Waals surface area contributed by atoms with Crippen molar-refractivity contribution in [2.24, 2.45) is 0 Å². The molecule has 24 heavy (non-hydrogen) atoms. The van der Waals surface area contributed by atoms with Crippen molar-refractivity contribution in [2.45, 2.75) is 18.9 Å². The Morgan fingerprint density at radius 3 is 2.71 bits per heavy atom. The average molecular weight is 324 g/mol. The molecular weight excluding hydrogens is 304 g/mol. The number of rotatable bonds is 5. The van der Waals surface area contributed by atoms with Crippen LogP contribution < -0.4 is 15.5 Å². The van der Waals surface area contributed by atoms with Crippen molar-refractivity contribution in [1.29, 1.82) is 0 Å². The molecule has 1 fully saturated rings. The van der Waals surface area contributed by atoms with Gasteiger partial charge in [-0.15, -0.1) is 0 Å². The van der Waals surface area contributed by atoms with Crippen molar-refractivity contribution in [3.63, 3.8) is 0 Å². The molecule has 1 saturated heterocycles. The summed E-state index contributed by atoms with van der Waals surface area (Å²) in [5.74, 6) is -0.0684. The smallest absolute Gasteiger partial charge is 0.315 e. The van der Waals surface area contributed by atoms with Crippen LogP contribution in [0.1, 0.15) is 12.1 Å². The van der Waals surface area contributed by atoms with E-state index in [1.165, 1.54) is 0 Å². The van der Waals surface area contributed by atoms with Crippen LogP contribution in [0.5, 0.6) is 0 Å². The largest absolute Gasteiger partial charge is 0.338 e. The maximum atomic E-state index is 12.4. The van der Waals surface area contributed by atoms with E-state index < -0.39 is 6.04 Å². The maximum absolute atomic E-state index is 12.4. The normalized spacial score (nSPS) is 16.9. The molecule has 0 radical (unpaired) electrons. The van der Waals surface area contributed by atoms with Crippen LogP contribution in [0.15, 0.2) is 54.7 Å². The zero-order chi connectivity index (χ0) is 16.8. The third kappa shape index (κ3) is 3.90. The second-order valence-corrected chi connectivity index (χ2v) is 5.64.